The van der Waals surface area contributed by atoms with E-state index in [9.17, 15) is 14.7 Å². The fourth-order valence-corrected chi connectivity index (χ4v) is 3.60. The lowest BCUT2D eigenvalue weighted by atomic mass is 9.67. The van der Waals surface area contributed by atoms with Gasteiger partial charge in [-0.3, -0.25) is 4.79 Å². The summed E-state index contributed by atoms with van der Waals surface area (Å²) in [5.41, 5.74) is -1.95. The van der Waals surface area contributed by atoms with Crippen molar-refractivity contribution in [3.8, 4) is 0 Å². The molecule has 2 aliphatic rings. The Morgan fingerprint density at radius 1 is 1.45 bits per heavy atom. The van der Waals surface area contributed by atoms with E-state index in [2.05, 4.69) is 12.2 Å². The van der Waals surface area contributed by atoms with Crippen molar-refractivity contribution < 1.29 is 19.4 Å². The second-order valence-corrected chi connectivity index (χ2v) is 6.02. The number of hydrogen-bond acceptors (Lipinski definition) is 4. The molecular weight excluding hydrogens is 258 g/mol. The van der Waals surface area contributed by atoms with Crippen molar-refractivity contribution in [2.24, 2.45) is 5.92 Å². The molecule has 0 aromatic heterocycles. The zero-order valence-electron chi connectivity index (χ0n) is 12.4. The number of nitrogens with one attached hydrogen (secondary N) is 1. The monoisotopic (exact) mass is 281 g/mol. The van der Waals surface area contributed by atoms with E-state index in [1.165, 1.54) is 0 Å². The molecule has 4 atom stereocenters. The van der Waals surface area contributed by atoms with Crippen LogP contribution in [0.1, 0.15) is 52.9 Å². The van der Waals surface area contributed by atoms with Crippen LogP contribution in [0.4, 0.5) is 0 Å². The highest BCUT2D eigenvalue weighted by atomic mass is 16.5. The molecule has 0 aromatic carbocycles. The fourth-order valence-electron chi connectivity index (χ4n) is 3.60. The maximum atomic E-state index is 12.2. The van der Waals surface area contributed by atoms with Gasteiger partial charge in [0.1, 0.15) is 0 Å². The van der Waals surface area contributed by atoms with Gasteiger partial charge in [-0.2, -0.15) is 0 Å². The van der Waals surface area contributed by atoms with Gasteiger partial charge in [0.25, 0.3) is 0 Å². The maximum absolute atomic E-state index is 12.2. The lowest BCUT2D eigenvalue weighted by molar-refractivity contribution is -0.190. The summed E-state index contributed by atoms with van der Waals surface area (Å²) in [6.45, 7) is 5.50. The second-order valence-electron chi connectivity index (χ2n) is 6.02. The molecule has 112 valence electrons. The minimum atomic E-state index is -1.10. The number of rotatable bonds is 6. The van der Waals surface area contributed by atoms with Crippen molar-refractivity contribution in [2.45, 2.75) is 70.1 Å². The second kappa shape index (κ2) is 5.23. The quantitative estimate of drug-likeness (QED) is 0.569. The van der Waals surface area contributed by atoms with Gasteiger partial charge in [-0.05, 0) is 20.3 Å². The van der Waals surface area contributed by atoms with Gasteiger partial charge in [0.15, 0.2) is 17.1 Å². The van der Waals surface area contributed by atoms with Crippen LogP contribution in [-0.4, -0.2) is 34.2 Å². The summed E-state index contributed by atoms with van der Waals surface area (Å²) in [5, 5.41) is 12.8. The molecule has 20 heavy (non-hydrogen) atoms. The van der Waals surface area contributed by atoms with Crippen LogP contribution in [0.5, 0.6) is 0 Å². The lowest BCUT2D eigenvalue weighted by Gasteiger charge is -2.55. The molecule has 0 spiro atoms. The summed E-state index contributed by atoms with van der Waals surface area (Å²) >= 11 is 0. The molecule has 0 aliphatic carbocycles. The first kappa shape index (κ1) is 15.1. The summed E-state index contributed by atoms with van der Waals surface area (Å²) in [4.78, 5) is 23.2. The molecule has 5 nitrogen and oxygen atoms in total. The first-order valence-electron chi connectivity index (χ1n) is 7.38. The Kier molecular flexibility index (Phi) is 3.94. The predicted octanol–water partition coefficient (Wildman–Crippen LogP) is 1.33. The highest BCUT2D eigenvalue weighted by molar-refractivity contribution is 5.88. The third kappa shape index (κ3) is 1.80. The summed E-state index contributed by atoms with van der Waals surface area (Å²) in [7, 11) is 0. The number of unbranched alkanes of at least 4 members (excludes halogenated alkanes) is 3. The summed E-state index contributed by atoms with van der Waals surface area (Å²) < 4.78 is 5.55. The normalized spacial score (nSPS) is 36.5. The first-order chi connectivity index (χ1) is 9.44. The van der Waals surface area contributed by atoms with E-state index >= 15 is 0 Å². The first-order valence-corrected chi connectivity index (χ1v) is 7.38. The van der Waals surface area contributed by atoms with E-state index in [1.807, 2.05) is 0 Å². The van der Waals surface area contributed by atoms with Crippen molar-refractivity contribution in [3.05, 3.63) is 5.76 Å². The molecule has 5 heteroatoms. The van der Waals surface area contributed by atoms with Crippen LogP contribution in [0.2, 0.25) is 0 Å². The molecule has 1 amide bonds. The number of fused-ring (bicyclic) bond motifs is 1. The van der Waals surface area contributed by atoms with Gasteiger partial charge in [0.2, 0.25) is 11.7 Å². The van der Waals surface area contributed by atoms with E-state index in [-0.39, 0.29) is 17.6 Å². The Morgan fingerprint density at radius 2 is 2.15 bits per heavy atom. The van der Waals surface area contributed by atoms with E-state index in [1.54, 1.807) is 19.8 Å². The van der Waals surface area contributed by atoms with Gasteiger partial charge in [0.05, 0.1) is 12.0 Å². The number of aliphatic hydroxyl groups is 1. The summed E-state index contributed by atoms with van der Waals surface area (Å²) in [6.07, 6.45) is 4.13. The molecule has 0 radical (unpaired) electrons. The minimum absolute atomic E-state index is 0.0133. The molecule has 2 N–H and O–H groups in total. The van der Waals surface area contributed by atoms with Crippen molar-refractivity contribution >= 4 is 11.8 Å². The predicted molar refractivity (Wildman–Crippen MR) is 73.5 cm³/mol. The topological polar surface area (TPSA) is 75.6 Å². The number of carbonyl (C=O) groups is 1. The molecule has 0 aromatic rings. The van der Waals surface area contributed by atoms with E-state index in [0.717, 1.165) is 25.7 Å². The summed E-state index contributed by atoms with van der Waals surface area (Å²) in [5.74, 6) is 1.25. The third-order valence-electron chi connectivity index (χ3n) is 4.82. The fraction of sp³-hybridized carbons (Fsp3) is 0.800. The molecule has 0 bridgehead atoms. The Hall–Kier alpha value is -1.32. The Morgan fingerprint density at radius 3 is 2.70 bits per heavy atom. The van der Waals surface area contributed by atoms with E-state index in [0.29, 0.717) is 6.42 Å². The number of amides is 1. The van der Waals surface area contributed by atoms with Gasteiger partial charge in [-0.15, -0.1) is 0 Å². The average molecular weight is 281 g/mol. The maximum Gasteiger partial charge on any atom is 0.228 e. The van der Waals surface area contributed by atoms with Crippen LogP contribution in [-0.2, 0) is 14.3 Å². The van der Waals surface area contributed by atoms with Crippen LogP contribution in [0, 0.1) is 5.92 Å². The number of ether oxygens (including phenoxy) is 1. The zero-order valence-corrected chi connectivity index (χ0v) is 12.4. The van der Waals surface area contributed by atoms with Crippen LogP contribution >= 0.6 is 0 Å². The third-order valence-corrected chi connectivity index (χ3v) is 4.82. The van der Waals surface area contributed by atoms with Crippen molar-refractivity contribution in [3.63, 3.8) is 0 Å². The summed E-state index contributed by atoms with van der Waals surface area (Å²) in [6, 6.07) is 0. The van der Waals surface area contributed by atoms with Gasteiger partial charge < -0.3 is 15.2 Å². The van der Waals surface area contributed by atoms with Crippen molar-refractivity contribution in [2.75, 3.05) is 0 Å². The molecular formula is C15H23NO4. The molecule has 2 aliphatic heterocycles. The lowest BCUT2D eigenvalue weighted by Crippen LogP contribution is -2.73. The standard InChI is InChI=1S/C15H23NO4/c1-4-5-6-7-8-11-13(19)16-15(10(2)18)12(9-17)20-14(11,15)3/h10-11,18H,4-8H2,1-3H3,(H,16,19)/t10-,11?,14+,15?/m1/s1. The highest BCUT2D eigenvalue weighted by Gasteiger charge is 2.76. The van der Waals surface area contributed by atoms with Gasteiger partial charge >= 0.3 is 0 Å². The number of hydrogen-bond donors (Lipinski definition) is 2. The Balaban J connectivity index is 2.18. The largest absolute Gasteiger partial charge is 0.474 e. The Labute approximate surface area is 119 Å². The van der Waals surface area contributed by atoms with Crippen LogP contribution < -0.4 is 5.32 Å². The molecule has 2 saturated heterocycles. The average Bonchev–Trinajstić information content (AvgIpc) is 2.56. The Bertz CT molecular complexity index is 455. The molecule has 2 heterocycles. The van der Waals surface area contributed by atoms with Crippen molar-refractivity contribution in [1.29, 1.82) is 0 Å². The van der Waals surface area contributed by atoms with E-state index in [4.69, 9.17) is 4.74 Å². The zero-order chi connectivity index (χ0) is 15.0. The number of carbonyl (C=O) groups excluding carboxylic acids is 2. The van der Waals surface area contributed by atoms with Gasteiger partial charge in [-0.25, -0.2) is 4.79 Å². The van der Waals surface area contributed by atoms with Gasteiger partial charge in [-0.1, -0.05) is 32.6 Å². The highest BCUT2D eigenvalue weighted by Crippen LogP contribution is 2.56. The van der Waals surface area contributed by atoms with Crippen LogP contribution in [0.15, 0.2) is 5.76 Å². The SMILES string of the molecule is CCCCCCC1C(=O)NC2([C@@H](C)O)C(=C=O)O[C@@]12C. The molecule has 2 fully saturated rings. The van der Waals surface area contributed by atoms with Crippen molar-refractivity contribution in [1.82, 2.24) is 5.32 Å². The molecule has 2 unspecified atom stereocenters. The van der Waals surface area contributed by atoms with Crippen LogP contribution in [0.3, 0.4) is 0 Å². The number of aliphatic hydroxyl groups excluding tert-OH is 1. The molecule has 2 rings (SSSR count). The smallest absolute Gasteiger partial charge is 0.228 e. The van der Waals surface area contributed by atoms with Gasteiger partial charge in [0, 0.05) is 0 Å². The minimum Gasteiger partial charge on any atom is -0.474 e. The van der Waals surface area contributed by atoms with E-state index < -0.39 is 17.2 Å². The molecule has 0 saturated carbocycles. The van der Waals surface area contributed by atoms with Crippen LogP contribution in [0.25, 0.3) is 0 Å².